The molecule has 1 aromatic heterocycles. The number of aromatic hydroxyl groups is 1. The fourth-order valence-corrected chi connectivity index (χ4v) is 2.10. The van der Waals surface area contributed by atoms with Crippen molar-refractivity contribution in [2.75, 3.05) is 0 Å². The topological polar surface area (TPSA) is 38.0 Å². The normalized spacial score (nSPS) is 19.2. The molecular formula is C10H16N2O. The molecule has 2 rings (SSSR count). The van der Waals surface area contributed by atoms with Gasteiger partial charge in [-0.05, 0) is 19.8 Å². The lowest BCUT2D eigenvalue weighted by Gasteiger charge is -2.22. The number of rotatable bonds is 1. The first-order chi connectivity index (χ1) is 6.27. The van der Waals surface area contributed by atoms with Gasteiger partial charge in [-0.25, -0.2) is 4.68 Å². The number of aromatic nitrogens is 2. The fourth-order valence-electron chi connectivity index (χ4n) is 2.10. The summed E-state index contributed by atoms with van der Waals surface area (Å²) < 4.78 is 1.79. The van der Waals surface area contributed by atoms with Crippen LogP contribution in [0.2, 0.25) is 0 Å². The maximum atomic E-state index is 9.58. The van der Waals surface area contributed by atoms with E-state index >= 15 is 0 Å². The first-order valence-corrected chi connectivity index (χ1v) is 5.02. The van der Waals surface area contributed by atoms with Crippen LogP contribution in [-0.4, -0.2) is 14.9 Å². The largest absolute Gasteiger partial charge is 0.493 e. The molecule has 0 radical (unpaired) electrons. The second-order valence-corrected chi connectivity index (χ2v) is 3.88. The van der Waals surface area contributed by atoms with Crippen molar-refractivity contribution >= 4 is 0 Å². The van der Waals surface area contributed by atoms with Gasteiger partial charge in [-0.1, -0.05) is 19.3 Å². The van der Waals surface area contributed by atoms with Gasteiger partial charge in [-0.15, -0.1) is 0 Å². The molecule has 1 fully saturated rings. The third-order valence-electron chi connectivity index (χ3n) is 2.76. The molecule has 3 nitrogen and oxygen atoms in total. The van der Waals surface area contributed by atoms with Gasteiger partial charge < -0.3 is 5.11 Å². The molecule has 72 valence electrons. The predicted molar refractivity (Wildman–Crippen MR) is 50.8 cm³/mol. The first kappa shape index (κ1) is 8.60. The Labute approximate surface area is 78.4 Å². The molecular weight excluding hydrogens is 164 g/mol. The standard InChI is InChI=1S/C10H16N2O/c1-8-7-10(13)12(11-8)9-5-3-2-4-6-9/h7,9,13H,2-6H2,1H3. The van der Waals surface area contributed by atoms with Crippen molar-refractivity contribution in [1.82, 2.24) is 9.78 Å². The van der Waals surface area contributed by atoms with Gasteiger partial charge in [0.25, 0.3) is 0 Å². The maximum Gasteiger partial charge on any atom is 0.209 e. The van der Waals surface area contributed by atoms with Crippen LogP contribution in [0.1, 0.15) is 43.8 Å². The fraction of sp³-hybridized carbons (Fsp3) is 0.700. The highest BCUT2D eigenvalue weighted by molar-refractivity contribution is 5.13. The van der Waals surface area contributed by atoms with Crippen LogP contribution in [0.25, 0.3) is 0 Å². The lowest BCUT2D eigenvalue weighted by Crippen LogP contribution is -2.13. The highest BCUT2D eigenvalue weighted by Gasteiger charge is 2.18. The SMILES string of the molecule is Cc1cc(O)n(C2CCCCC2)n1. The zero-order valence-electron chi connectivity index (χ0n) is 8.03. The molecule has 0 spiro atoms. The van der Waals surface area contributed by atoms with E-state index in [-0.39, 0.29) is 0 Å². The van der Waals surface area contributed by atoms with E-state index < -0.39 is 0 Å². The second-order valence-electron chi connectivity index (χ2n) is 3.88. The van der Waals surface area contributed by atoms with Crippen LogP contribution in [0.3, 0.4) is 0 Å². The van der Waals surface area contributed by atoms with Crippen molar-refractivity contribution in [3.8, 4) is 5.88 Å². The molecule has 0 amide bonds. The Morgan fingerprint density at radius 2 is 2.08 bits per heavy atom. The molecule has 1 saturated carbocycles. The van der Waals surface area contributed by atoms with Crippen molar-refractivity contribution in [1.29, 1.82) is 0 Å². The highest BCUT2D eigenvalue weighted by Crippen LogP contribution is 2.30. The van der Waals surface area contributed by atoms with Gasteiger partial charge >= 0.3 is 0 Å². The minimum absolute atomic E-state index is 0.324. The van der Waals surface area contributed by atoms with Gasteiger partial charge in [0.2, 0.25) is 5.88 Å². The second kappa shape index (κ2) is 3.40. The Morgan fingerprint density at radius 3 is 2.62 bits per heavy atom. The molecule has 0 aromatic carbocycles. The number of hydrogen-bond donors (Lipinski definition) is 1. The zero-order chi connectivity index (χ0) is 9.26. The summed E-state index contributed by atoms with van der Waals surface area (Å²) >= 11 is 0. The summed E-state index contributed by atoms with van der Waals surface area (Å²) in [5.74, 6) is 0.324. The van der Waals surface area contributed by atoms with Crippen LogP contribution in [0.4, 0.5) is 0 Å². The Bertz CT molecular complexity index is 287. The molecule has 0 aliphatic heterocycles. The van der Waals surface area contributed by atoms with Crippen LogP contribution >= 0.6 is 0 Å². The predicted octanol–water partition coefficient (Wildman–Crippen LogP) is 2.40. The average molecular weight is 180 g/mol. The van der Waals surface area contributed by atoms with E-state index in [0.29, 0.717) is 11.9 Å². The summed E-state index contributed by atoms with van der Waals surface area (Å²) in [5.41, 5.74) is 0.906. The van der Waals surface area contributed by atoms with Crippen LogP contribution in [0, 0.1) is 6.92 Å². The summed E-state index contributed by atoms with van der Waals surface area (Å²) in [5, 5.41) is 13.9. The van der Waals surface area contributed by atoms with Crippen LogP contribution in [0.15, 0.2) is 6.07 Å². The summed E-state index contributed by atoms with van der Waals surface area (Å²) in [4.78, 5) is 0. The number of aryl methyl sites for hydroxylation is 1. The van der Waals surface area contributed by atoms with Crippen molar-refractivity contribution in [3.05, 3.63) is 11.8 Å². The smallest absolute Gasteiger partial charge is 0.209 e. The van der Waals surface area contributed by atoms with E-state index in [9.17, 15) is 5.11 Å². The summed E-state index contributed by atoms with van der Waals surface area (Å²) in [6, 6.07) is 2.16. The molecule has 1 aliphatic rings. The molecule has 0 bridgehead atoms. The van der Waals surface area contributed by atoms with Crippen LogP contribution < -0.4 is 0 Å². The summed E-state index contributed by atoms with van der Waals surface area (Å²) in [6.45, 7) is 1.92. The average Bonchev–Trinajstić information content (AvgIpc) is 2.47. The van der Waals surface area contributed by atoms with Crippen LogP contribution in [-0.2, 0) is 0 Å². The Morgan fingerprint density at radius 1 is 1.38 bits per heavy atom. The minimum atomic E-state index is 0.324. The van der Waals surface area contributed by atoms with Gasteiger partial charge in [0.15, 0.2) is 0 Å². The van der Waals surface area contributed by atoms with Gasteiger partial charge in [-0.3, -0.25) is 0 Å². The molecule has 3 heteroatoms. The molecule has 1 N–H and O–H groups in total. The molecule has 0 unspecified atom stereocenters. The quantitative estimate of drug-likeness (QED) is 0.720. The van der Waals surface area contributed by atoms with Gasteiger partial charge in [0.1, 0.15) is 0 Å². The van der Waals surface area contributed by atoms with E-state index in [2.05, 4.69) is 5.10 Å². The van der Waals surface area contributed by atoms with Gasteiger partial charge in [0.05, 0.1) is 11.7 Å². The number of hydrogen-bond acceptors (Lipinski definition) is 2. The number of nitrogens with zero attached hydrogens (tertiary/aromatic N) is 2. The van der Waals surface area contributed by atoms with Crippen molar-refractivity contribution in [2.24, 2.45) is 0 Å². The molecule has 0 atom stereocenters. The van der Waals surface area contributed by atoms with Gasteiger partial charge in [0, 0.05) is 6.07 Å². The third kappa shape index (κ3) is 1.69. The highest BCUT2D eigenvalue weighted by atomic mass is 16.3. The lowest BCUT2D eigenvalue weighted by atomic mass is 9.96. The van der Waals surface area contributed by atoms with E-state index in [0.717, 1.165) is 18.5 Å². The van der Waals surface area contributed by atoms with Crippen molar-refractivity contribution < 1.29 is 5.11 Å². The Hall–Kier alpha value is -0.990. The Balaban J connectivity index is 2.18. The third-order valence-corrected chi connectivity index (χ3v) is 2.76. The van der Waals surface area contributed by atoms with E-state index in [4.69, 9.17) is 0 Å². The molecule has 1 aliphatic carbocycles. The van der Waals surface area contributed by atoms with Gasteiger partial charge in [-0.2, -0.15) is 5.10 Å². The first-order valence-electron chi connectivity index (χ1n) is 5.02. The maximum absolute atomic E-state index is 9.58. The molecule has 1 heterocycles. The van der Waals surface area contributed by atoms with Crippen LogP contribution in [0.5, 0.6) is 5.88 Å². The molecule has 1 aromatic rings. The van der Waals surface area contributed by atoms with Crippen molar-refractivity contribution in [2.45, 2.75) is 45.1 Å². The summed E-state index contributed by atoms with van der Waals surface area (Å²) in [7, 11) is 0. The lowest BCUT2D eigenvalue weighted by molar-refractivity contribution is 0.289. The monoisotopic (exact) mass is 180 g/mol. The van der Waals surface area contributed by atoms with E-state index in [1.807, 2.05) is 6.92 Å². The summed E-state index contributed by atoms with van der Waals surface area (Å²) in [6.07, 6.45) is 6.19. The molecule has 13 heavy (non-hydrogen) atoms. The zero-order valence-corrected chi connectivity index (χ0v) is 8.03. The van der Waals surface area contributed by atoms with E-state index in [1.165, 1.54) is 19.3 Å². The Kier molecular flexibility index (Phi) is 2.25. The van der Waals surface area contributed by atoms with Crippen molar-refractivity contribution in [3.63, 3.8) is 0 Å². The minimum Gasteiger partial charge on any atom is -0.493 e. The molecule has 0 saturated heterocycles. The van der Waals surface area contributed by atoms with E-state index in [1.54, 1.807) is 10.7 Å².